The molecular weight excluding hydrogens is 208 g/mol. The molecule has 1 rings (SSSR count). The highest BCUT2D eigenvalue weighted by Crippen LogP contribution is 2.19. The Morgan fingerprint density at radius 2 is 2.40 bits per heavy atom. The number of nitrogens with zero attached hydrogens (tertiary/aromatic N) is 1. The fourth-order valence-electron chi connectivity index (χ4n) is 1.23. The summed E-state index contributed by atoms with van der Waals surface area (Å²) in [4.78, 5) is 4.12. The molecule has 0 saturated carbocycles. The zero-order valence-electron chi connectivity index (χ0n) is 9.32. The molecule has 1 aromatic heterocycles. The topological polar surface area (TPSA) is 34.2 Å². The van der Waals surface area contributed by atoms with Gasteiger partial charge < -0.3 is 10.1 Å². The van der Waals surface area contributed by atoms with Crippen LogP contribution >= 0.6 is 11.8 Å². The normalized spacial score (nSPS) is 10.0. The zero-order chi connectivity index (χ0) is 10.9. The van der Waals surface area contributed by atoms with E-state index < -0.39 is 0 Å². The molecule has 0 saturated heterocycles. The maximum atomic E-state index is 5.14. The molecule has 0 radical (unpaired) electrons. The van der Waals surface area contributed by atoms with Crippen molar-refractivity contribution in [3.8, 4) is 5.88 Å². The number of methoxy groups -OCH3 is 1. The number of rotatable bonds is 7. The minimum Gasteiger partial charge on any atom is -0.480 e. The molecule has 0 aliphatic carbocycles. The number of thioether (sulfide) groups is 1. The van der Waals surface area contributed by atoms with E-state index in [2.05, 4.69) is 17.2 Å². The Labute approximate surface area is 95.6 Å². The first-order chi connectivity index (χ1) is 7.38. The van der Waals surface area contributed by atoms with Crippen LogP contribution in [0, 0.1) is 0 Å². The highest BCUT2D eigenvalue weighted by atomic mass is 32.2. The molecule has 15 heavy (non-hydrogen) atoms. The predicted molar refractivity (Wildman–Crippen MR) is 66.9 cm³/mol. The standard InChI is InChI=1S/C11H18N2OS/c1-3-15-9-5-8-12-10-6-4-7-13-11(10)14-2/h4,6-7,12H,3,5,8-9H2,1-2H3. The third kappa shape index (κ3) is 4.42. The van der Waals surface area contributed by atoms with Crippen molar-refractivity contribution >= 4 is 17.4 Å². The molecule has 4 heteroatoms. The second-order valence-electron chi connectivity index (χ2n) is 3.04. The second-order valence-corrected chi connectivity index (χ2v) is 4.43. The van der Waals surface area contributed by atoms with Gasteiger partial charge >= 0.3 is 0 Å². The van der Waals surface area contributed by atoms with E-state index in [4.69, 9.17) is 4.74 Å². The van der Waals surface area contributed by atoms with Crippen molar-refractivity contribution in [3.63, 3.8) is 0 Å². The van der Waals surface area contributed by atoms with Gasteiger partial charge in [-0.25, -0.2) is 4.98 Å². The molecule has 1 N–H and O–H groups in total. The highest BCUT2D eigenvalue weighted by molar-refractivity contribution is 7.99. The lowest BCUT2D eigenvalue weighted by Crippen LogP contribution is -2.04. The Morgan fingerprint density at radius 3 is 3.13 bits per heavy atom. The van der Waals surface area contributed by atoms with Crippen molar-refractivity contribution in [1.82, 2.24) is 4.98 Å². The number of hydrogen-bond acceptors (Lipinski definition) is 4. The summed E-state index contributed by atoms with van der Waals surface area (Å²) in [7, 11) is 1.64. The Bertz CT molecular complexity index is 281. The molecule has 1 heterocycles. The number of aromatic nitrogens is 1. The number of ether oxygens (including phenoxy) is 1. The molecular formula is C11H18N2OS. The Balaban J connectivity index is 2.30. The summed E-state index contributed by atoms with van der Waals surface area (Å²) in [5.41, 5.74) is 0.974. The van der Waals surface area contributed by atoms with E-state index in [9.17, 15) is 0 Å². The lowest BCUT2D eigenvalue weighted by Gasteiger charge is -2.09. The molecule has 0 aliphatic heterocycles. The van der Waals surface area contributed by atoms with Gasteiger partial charge in [-0.05, 0) is 30.1 Å². The molecule has 0 spiro atoms. The van der Waals surface area contributed by atoms with Gasteiger partial charge in [0.1, 0.15) is 0 Å². The highest BCUT2D eigenvalue weighted by Gasteiger charge is 2.00. The average Bonchev–Trinajstić information content (AvgIpc) is 2.29. The molecule has 3 nitrogen and oxygen atoms in total. The lowest BCUT2D eigenvalue weighted by molar-refractivity contribution is 0.399. The number of pyridine rings is 1. The van der Waals surface area contributed by atoms with Gasteiger partial charge in [-0.15, -0.1) is 0 Å². The van der Waals surface area contributed by atoms with Gasteiger partial charge in [0, 0.05) is 12.7 Å². The maximum absolute atomic E-state index is 5.14. The van der Waals surface area contributed by atoms with Crippen molar-refractivity contribution in [3.05, 3.63) is 18.3 Å². The monoisotopic (exact) mass is 226 g/mol. The molecule has 0 atom stereocenters. The van der Waals surface area contributed by atoms with Crippen LogP contribution in [0.3, 0.4) is 0 Å². The van der Waals surface area contributed by atoms with E-state index in [1.165, 1.54) is 11.5 Å². The van der Waals surface area contributed by atoms with E-state index in [0.29, 0.717) is 5.88 Å². The SMILES string of the molecule is CCSCCCNc1cccnc1OC. The summed E-state index contributed by atoms with van der Waals surface area (Å²) in [5.74, 6) is 3.06. The van der Waals surface area contributed by atoms with E-state index in [1.54, 1.807) is 13.3 Å². The predicted octanol–water partition coefficient (Wildman–Crippen LogP) is 2.65. The number of hydrogen-bond donors (Lipinski definition) is 1. The van der Waals surface area contributed by atoms with Crippen molar-refractivity contribution in [2.24, 2.45) is 0 Å². The summed E-state index contributed by atoms with van der Waals surface area (Å²) >= 11 is 1.97. The zero-order valence-corrected chi connectivity index (χ0v) is 10.1. The van der Waals surface area contributed by atoms with Crippen LogP contribution in [0.2, 0.25) is 0 Å². The summed E-state index contributed by atoms with van der Waals surface area (Å²) in [6.07, 6.45) is 2.90. The van der Waals surface area contributed by atoms with Gasteiger partial charge in [-0.2, -0.15) is 11.8 Å². The molecule has 0 amide bonds. The third-order valence-corrected chi connectivity index (χ3v) is 2.94. The van der Waals surface area contributed by atoms with Crippen molar-refractivity contribution in [1.29, 1.82) is 0 Å². The van der Waals surface area contributed by atoms with E-state index in [-0.39, 0.29) is 0 Å². The van der Waals surface area contributed by atoms with Crippen molar-refractivity contribution in [2.45, 2.75) is 13.3 Å². The Morgan fingerprint density at radius 1 is 1.53 bits per heavy atom. The maximum Gasteiger partial charge on any atom is 0.237 e. The van der Waals surface area contributed by atoms with Crippen LogP contribution in [0.4, 0.5) is 5.69 Å². The average molecular weight is 226 g/mol. The van der Waals surface area contributed by atoms with Crippen molar-refractivity contribution in [2.75, 3.05) is 30.5 Å². The molecule has 0 bridgehead atoms. The summed E-state index contributed by atoms with van der Waals surface area (Å²) in [5, 5.41) is 3.32. The van der Waals surface area contributed by atoms with Gasteiger partial charge in [0.25, 0.3) is 0 Å². The first-order valence-corrected chi connectivity index (χ1v) is 6.34. The third-order valence-electron chi connectivity index (χ3n) is 1.95. The molecule has 0 aromatic carbocycles. The summed E-state index contributed by atoms with van der Waals surface area (Å²) < 4.78 is 5.14. The van der Waals surface area contributed by atoms with Gasteiger partial charge in [0.2, 0.25) is 5.88 Å². The van der Waals surface area contributed by atoms with Crippen LogP contribution < -0.4 is 10.1 Å². The summed E-state index contributed by atoms with van der Waals surface area (Å²) in [6.45, 7) is 3.15. The molecule has 84 valence electrons. The number of anilines is 1. The summed E-state index contributed by atoms with van der Waals surface area (Å²) in [6, 6.07) is 3.89. The van der Waals surface area contributed by atoms with Crippen LogP contribution in [-0.2, 0) is 0 Å². The molecule has 0 aliphatic rings. The fraction of sp³-hybridized carbons (Fsp3) is 0.545. The smallest absolute Gasteiger partial charge is 0.237 e. The van der Waals surface area contributed by atoms with Crippen LogP contribution in [0.1, 0.15) is 13.3 Å². The first-order valence-electron chi connectivity index (χ1n) is 5.19. The fourth-order valence-corrected chi connectivity index (χ4v) is 1.87. The first kappa shape index (κ1) is 12.2. The lowest BCUT2D eigenvalue weighted by atomic mass is 10.4. The minimum atomic E-state index is 0.667. The van der Waals surface area contributed by atoms with Gasteiger partial charge in [-0.3, -0.25) is 0 Å². The molecule has 1 aromatic rings. The second kappa shape index (κ2) is 7.40. The Hall–Kier alpha value is -0.900. The van der Waals surface area contributed by atoms with Gasteiger partial charge in [-0.1, -0.05) is 6.92 Å². The number of nitrogens with one attached hydrogen (secondary N) is 1. The van der Waals surface area contributed by atoms with Crippen LogP contribution in [-0.4, -0.2) is 30.1 Å². The van der Waals surface area contributed by atoms with Gasteiger partial charge in [0.05, 0.1) is 12.8 Å². The van der Waals surface area contributed by atoms with Crippen molar-refractivity contribution < 1.29 is 4.74 Å². The molecule has 0 fully saturated rings. The van der Waals surface area contributed by atoms with Crippen LogP contribution in [0.5, 0.6) is 5.88 Å². The minimum absolute atomic E-state index is 0.667. The van der Waals surface area contributed by atoms with E-state index in [1.807, 2.05) is 23.9 Å². The largest absolute Gasteiger partial charge is 0.480 e. The van der Waals surface area contributed by atoms with Gasteiger partial charge in [0.15, 0.2) is 0 Å². The van der Waals surface area contributed by atoms with E-state index in [0.717, 1.165) is 18.7 Å². The molecule has 0 unspecified atom stereocenters. The van der Waals surface area contributed by atoms with Crippen LogP contribution in [0.25, 0.3) is 0 Å². The van der Waals surface area contributed by atoms with Crippen LogP contribution in [0.15, 0.2) is 18.3 Å². The quantitative estimate of drug-likeness (QED) is 0.725. The van der Waals surface area contributed by atoms with E-state index >= 15 is 0 Å². The Kier molecular flexibility index (Phi) is 6.00.